The van der Waals surface area contributed by atoms with Crippen LogP contribution in [0.25, 0.3) is 0 Å². The van der Waals surface area contributed by atoms with E-state index in [1.165, 1.54) is 0 Å². The molecule has 3 saturated heterocycles. The Morgan fingerprint density at radius 1 is 0.667 bits per heavy atom. The zero-order chi connectivity index (χ0) is 36.8. The number of carbonyl (C=O) groups excluding carboxylic acids is 4. The Labute approximate surface area is 310 Å². The largest absolute Gasteiger partial charge is 0.444 e. The van der Waals surface area contributed by atoms with Gasteiger partial charge >= 0.3 is 12.2 Å². The number of nitrogens with zero attached hydrogens (tertiary/aromatic N) is 3. The Morgan fingerprint density at radius 2 is 1.10 bits per heavy atom. The Kier molecular flexibility index (Phi) is 10.4. The predicted molar refractivity (Wildman–Crippen MR) is 199 cm³/mol. The zero-order valence-electron chi connectivity index (χ0n) is 30.9. The Balaban J connectivity index is 0.000000179. The summed E-state index contributed by atoms with van der Waals surface area (Å²) in [5.41, 5.74) is 3.42. The van der Waals surface area contributed by atoms with Crippen molar-refractivity contribution in [1.82, 2.24) is 9.80 Å². The molecule has 2 aromatic carbocycles. The fraction of sp³-hybridized carbons (Fsp3) is 0.600. The summed E-state index contributed by atoms with van der Waals surface area (Å²) >= 11 is 3.44. The van der Waals surface area contributed by atoms with E-state index in [2.05, 4.69) is 39.0 Å². The molecule has 0 N–H and O–H groups in total. The summed E-state index contributed by atoms with van der Waals surface area (Å²) in [5, 5.41) is 0. The van der Waals surface area contributed by atoms with Crippen LogP contribution in [0.3, 0.4) is 0 Å². The van der Waals surface area contributed by atoms with Crippen molar-refractivity contribution >= 4 is 45.4 Å². The quantitative estimate of drug-likeness (QED) is 0.294. The minimum absolute atomic E-state index is 0.234. The van der Waals surface area contributed by atoms with E-state index in [0.29, 0.717) is 51.9 Å². The monoisotopic (exact) mass is 765 g/mol. The average Bonchev–Trinajstić information content (AvgIpc) is 3.49. The van der Waals surface area contributed by atoms with Gasteiger partial charge in [0.25, 0.3) is 0 Å². The van der Waals surface area contributed by atoms with Crippen LogP contribution in [0.4, 0.5) is 15.3 Å². The van der Waals surface area contributed by atoms with Gasteiger partial charge in [-0.2, -0.15) is 0 Å². The van der Waals surface area contributed by atoms with Crippen molar-refractivity contribution < 1.29 is 33.4 Å². The maximum Gasteiger partial charge on any atom is 0.410 e. The van der Waals surface area contributed by atoms with Gasteiger partial charge in [0.15, 0.2) is 11.6 Å². The molecule has 7 rings (SSSR count). The summed E-state index contributed by atoms with van der Waals surface area (Å²) in [6, 6.07) is 12.3. The van der Waals surface area contributed by atoms with Crippen LogP contribution in [0.5, 0.6) is 0 Å². The van der Waals surface area contributed by atoms with E-state index >= 15 is 0 Å². The van der Waals surface area contributed by atoms with Gasteiger partial charge in [0.2, 0.25) is 0 Å². The number of fused-ring (bicyclic) bond motifs is 2. The average molecular weight is 767 g/mol. The highest BCUT2D eigenvalue weighted by Crippen LogP contribution is 2.47. The van der Waals surface area contributed by atoms with Crippen molar-refractivity contribution in [2.45, 2.75) is 91.3 Å². The van der Waals surface area contributed by atoms with Crippen LogP contribution in [0.15, 0.2) is 40.9 Å². The molecule has 2 spiro atoms. The summed E-state index contributed by atoms with van der Waals surface area (Å²) in [6.07, 6.45) is 3.83. The second kappa shape index (κ2) is 14.2. The predicted octanol–water partition coefficient (Wildman–Crippen LogP) is 7.48. The first-order valence-electron chi connectivity index (χ1n) is 18.3. The Hall–Kier alpha value is -3.44. The minimum atomic E-state index is -0.498. The third-order valence-electron chi connectivity index (χ3n) is 10.8. The SMILES string of the molecule is CC(C)(C)OC(=O)N1CCC2(CC1)Cc1ccc(Br)cc1C2=O.CC(C)(C)OC(=O)N1CCC2(CC1)Cc1ccc(N3CCOCC3)cc1C2=O. The van der Waals surface area contributed by atoms with E-state index in [1.807, 2.05) is 59.7 Å². The lowest BCUT2D eigenvalue weighted by Crippen LogP contribution is -2.47. The number of amides is 2. The number of benzene rings is 2. The van der Waals surface area contributed by atoms with Gasteiger partial charge in [-0.1, -0.05) is 28.1 Å². The highest BCUT2D eigenvalue weighted by molar-refractivity contribution is 9.10. The first-order valence-corrected chi connectivity index (χ1v) is 19.1. The van der Waals surface area contributed by atoms with Gasteiger partial charge in [-0.15, -0.1) is 0 Å². The lowest BCUT2D eigenvalue weighted by molar-refractivity contribution is 0.0108. The fourth-order valence-corrected chi connectivity index (χ4v) is 8.38. The maximum absolute atomic E-state index is 13.3. The maximum atomic E-state index is 13.3. The second-order valence-corrected chi connectivity index (χ2v) is 17.7. The van der Waals surface area contributed by atoms with Crippen LogP contribution in [-0.4, -0.2) is 97.2 Å². The summed E-state index contributed by atoms with van der Waals surface area (Å²) in [7, 11) is 0. The molecule has 0 unspecified atom stereocenters. The molecule has 276 valence electrons. The molecule has 11 heteroatoms. The van der Waals surface area contributed by atoms with Gasteiger partial charge in [0.1, 0.15) is 11.2 Å². The highest BCUT2D eigenvalue weighted by Gasteiger charge is 2.49. The van der Waals surface area contributed by atoms with Crippen molar-refractivity contribution in [2.75, 3.05) is 57.4 Å². The number of carbonyl (C=O) groups is 4. The molecule has 0 atom stereocenters. The molecule has 0 saturated carbocycles. The van der Waals surface area contributed by atoms with E-state index in [0.717, 1.165) is 71.6 Å². The normalized spacial score (nSPS) is 20.9. The number of hydrogen-bond donors (Lipinski definition) is 0. The third kappa shape index (κ3) is 8.14. The number of Topliss-reactive ketones (excluding diaryl/α,β-unsaturated/α-hetero) is 2. The third-order valence-corrected chi connectivity index (χ3v) is 11.3. The molecular formula is C40H52BrN3O7. The molecule has 3 heterocycles. The standard InChI is InChI=1S/C22H30N2O4.C18H22BrNO3/c1-21(2,3)28-20(26)24-8-6-22(7-9-24)15-16-4-5-17(14-18(16)19(22)25)23-10-12-27-13-11-23;1-17(2,3)23-16(22)20-8-6-18(7-9-20)11-12-4-5-13(19)10-14(12)15(18)21/h4-5,14H,6-13,15H2,1-3H3;4-5,10H,6-9,11H2,1-3H3. The number of morpholine rings is 1. The highest BCUT2D eigenvalue weighted by atomic mass is 79.9. The van der Waals surface area contributed by atoms with Crippen LogP contribution < -0.4 is 4.90 Å². The van der Waals surface area contributed by atoms with Crippen LogP contribution in [0.1, 0.15) is 99.1 Å². The summed E-state index contributed by atoms with van der Waals surface area (Å²) in [4.78, 5) is 56.5. The molecule has 2 aromatic rings. The smallest absolute Gasteiger partial charge is 0.410 e. The van der Waals surface area contributed by atoms with Gasteiger partial charge in [-0.3, -0.25) is 9.59 Å². The molecule has 10 nitrogen and oxygen atoms in total. The van der Waals surface area contributed by atoms with Crippen LogP contribution in [0, 0.1) is 10.8 Å². The van der Waals surface area contributed by atoms with E-state index in [9.17, 15) is 19.2 Å². The van der Waals surface area contributed by atoms with Crippen LogP contribution in [0.2, 0.25) is 0 Å². The zero-order valence-corrected chi connectivity index (χ0v) is 32.5. The Morgan fingerprint density at radius 3 is 1.55 bits per heavy atom. The van der Waals surface area contributed by atoms with Crippen LogP contribution >= 0.6 is 15.9 Å². The van der Waals surface area contributed by atoms with Crippen molar-refractivity contribution in [3.63, 3.8) is 0 Å². The summed E-state index contributed by atoms with van der Waals surface area (Å²) in [5.74, 6) is 0.485. The van der Waals surface area contributed by atoms with Crippen molar-refractivity contribution in [1.29, 1.82) is 0 Å². The van der Waals surface area contributed by atoms with Gasteiger partial charge in [-0.05, 0) is 115 Å². The molecule has 2 aliphatic carbocycles. The van der Waals surface area contributed by atoms with Crippen molar-refractivity contribution in [3.8, 4) is 0 Å². The number of rotatable bonds is 1. The molecular weight excluding hydrogens is 714 g/mol. The number of ketones is 2. The molecule has 0 aromatic heterocycles. The second-order valence-electron chi connectivity index (χ2n) is 16.7. The minimum Gasteiger partial charge on any atom is -0.444 e. The number of anilines is 1. The van der Waals surface area contributed by atoms with Crippen LogP contribution in [-0.2, 0) is 27.1 Å². The number of hydrogen-bond acceptors (Lipinski definition) is 8. The number of ether oxygens (including phenoxy) is 3. The van der Waals surface area contributed by atoms with E-state index < -0.39 is 11.2 Å². The lowest BCUT2D eigenvalue weighted by Gasteiger charge is -2.38. The van der Waals surface area contributed by atoms with Gasteiger partial charge in [0.05, 0.1) is 13.2 Å². The summed E-state index contributed by atoms with van der Waals surface area (Å²) in [6.45, 7) is 16.7. The number of likely N-dealkylation sites (tertiary alicyclic amines) is 2. The Bertz CT molecular complexity index is 1670. The molecule has 2 amide bonds. The molecule has 51 heavy (non-hydrogen) atoms. The first kappa shape index (κ1) is 37.3. The molecule has 0 radical (unpaired) electrons. The number of halogens is 1. The first-order chi connectivity index (χ1) is 24.0. The lowest BCUT2D eigenvalue weighted by atomic mass is 9.75. The topological polar surface area (TPSA) is 106 Å². The molecule has 3 aliphatic heterocycles. The number of piperidine rings is 2. The van der Waals surface area contributed by atoms with Crippen molar-refractivity contribution in [3.05, 3.63) is 63.1 Å². The molecule has 5 aliphatic rings. The van der Waals surface area contributed by atoms with E-state index in [1.54, 1.807) is 9.80 Å². The van der Waals surface area contributed by atoms with Crippen molar-refractivity contribution in [2.24, 2.45) is 10.8 Å². The molecule has 0 bridgehead atoms. The molecule has 3 fully saturated rings. The van der Waals surface area contributed by atoms with Gasteiger partial charge < -0.3 is 28.9 Å². The van der Waals surface area contributed by atoms with Gasteiger partial charge in [0, 0.05) is 71.4 Å². The van der Waals surface area contributed by atoms with Gasteiger partial charge in [-0.25, -0.2) is 9.59 Å². The summed E-state index contributed by atoms with van der Waals surface area (Å²) < 4.78 is 17.3. The fourth-order valence-electron chi connectivity index (χ4n) is 8.02. The van der Waals surface area contributed by atoms with E-state index in [4.69, 9.17) is 14.2 Å². The van der Waals surface area contributed by atoms with E-state index in [-0.39, 0.29) is 34.6 Å².